The first-order valence-electron chi connectivity index (χ1n) is 9.37. The molecule has 1 unspecified atom stereocenters. The maximum Gasteiger partial charge on any atom is 0.573 e. The molecule has 0 bridgehead atoms. The van der Waals surface area contributed by atoms with E-state index >= 15 is 0 Å². The highest BCUT2D eigenvalue weighted by Gasteiger charge is 2.34. The Hall–Kier alpha value is -3.11. The Bertz CT molecular complexity index is 1380. The second kappa shape index (κ2) is 8.35. The molecule has 4 rings (SSSR count). The lowest BCUT2D eigenvalue weighted by atomic mass is 9.92. The maximum atomic E-state index is 13.2. The number of ether oxygens (including phenoxy) is 1. The smallest absolute Gasteiger partial charge is 0.405 e. The molecule has 4 aromatic carbocycles. The minimum absolute atomic E-state index is 0.0384. The van der Waals surface area contributed by atoms with Gasteiger partial charge in [-0.2, -0.15) is 13.2 Å². The first-order valence-corrected chi connectivity index (χ1v) is 10.4. The number of benzene rings is 4. The van der Waals surface area contributed by atoms with Crippen LogP contribution in [0.3, 0.4) is 0 Å². The Morgan fingerprint density at radius 2 is 1.42 bits per heavy atom. The predicted octanol–water partition coefficient (Wildman–Crippen LogP) is 7.25. The van der Waals surface area contributed by atoms with Crippen molar-refractivity contribution < 1.29 is 39.5 Å². The van der Waals surface area contributed by atoms with E-state index in [0.29, 0.717) is 10.8 Å². The van der Waals surface area contributed by atoms with E-state index in [1.54, 1.807) is 30.3 Å². The van der Waals surface area contributed by atoms with E-state index in [1.807, 2.05) is 0 Å². The van der Waals surface area contributed by atoms with Gasteiger partial charge in [0.1, 0.15) is 5.75 Å². The predicted molar refractivity (Wildman–Crippen MR) is 112 cm³/mol. The lowest BCUT2D eigenvalue weighted by molar-refractivity contribution is -0.274. The Morgan fingerprint density at radius 1 is 0.758 bits per heavy atom. The van der Waals surface area contributed by atoms with Gasteiger partial charge in [-0.05, 0) is 45.8 Å². The van der Waals surface area contributed by atoms with E-state index in [1.165, 1.54) is 13.2 Å². The highest BCUT2D eigenvalue weighted by molar-refractivity contribution is 7.80. The number of fused-ring (bicyclic) bond motifs is 2. The van der Waals surface area contributed by atoms with Crippen molar-refractivity contribution in [3.63, 3.8) is 0 Å². The summed E-state index contributed by atoms with van der Waals surface area (Å²) >= 11 is -2.07. The van der Waals surface area contributed by atoms with E-state index in [0.717, 1.165) is 30.3 Å². The third kappa shape index (κ3) is 4.53. The topological polar surface area (TPSA) is 35.5 Å². The fourth-order valence-corrected chi connectivity index (χ4v) is 4.43. The second-order valence-electron chi connectivity index (χ2n) is 6.98. The summed E-state index contributed by atoms with van der Waals surface area (Å²) in [6.07, 6.45) is -9.71. The monoisotopic (exact) mass is 484 g/mol. The summed E-state index contributed by atoms with van der Waals surface area (Å²) in [7, 11) is 1.17. The molecule has 0 saturated carbocycles. The molecule has 10 heteroatoms. The van der Waals surface area contributed by atoms with Crippen LogP contribution in [0.2, 0.25) is 0 Å². The molecule has 0 aliphatic heterocycles. The van der Waals surface area contributed by atoms with Crippen molar-refractivity contribution in [1.29, 1.82) is 0 Å². The molecule has 172 valence electrons. The number of rotatable bonds is 4. The summed E-state index contributed by atoms with van der Waals surface area (Å²) in [5, 5.41) is 1.15. The van der Waals surface area contributed by atoms with E-state index in [-0.39, 0.29) is 26.8 Å². The van der Waals surface area contributed by atoms with Gasteiger partial charge in [0, 0.05) is 11.1 Å². The highest BCUT2D eigenvalue weighted by atomic mass is 32.2. The molecule has 0 N–H and O–H groups in total. The second-order valence-corrected chi connectivity index (χ2v) is 8.22. The van der Waals surface area contributed by atoms with Gasteiger partial charge in [0.2, 0.25) is 0 Å². The van der Waals surface area contributed by atoms with Crippen LogP contribution in [0, 0.1) is 0 Å². The van der Waals surface area contributed by atoms with Crippen LogP contribution in [-0.4, -0.2) is 17.7 Å². The molecule has 0 heterocycles. The summed E-state index contributed by atoms with van der Waals surface area (Å²) in [6, 6.07) is 14.5. The molecule has 0 saturated heterocycles. The molecule has 0 fully saturated rings. The SMILES string of the molecule is COS(=O)c1ccc2ccccc2c1-c1c(OC(F)(F)F)ccc2cc(C(F)(F)F)ccc12. The lowest BCUT2D eigenvalue weighted by Crippen LogP contribution is -2.18. The van der Waals surface area contributed by atoms with Gasteiger partial charge in [0.05, 0.1) is 17.6 Å². The van der Waals surface area contributed by atoms with Crippen molar-refractivity contribution in [2.24, 2.45) is 0 Å². The average molecular weight is 484 g/mol. The summed E-state index contributed by atoms with van der Waals surface area (Å²) < 4.78 is 101. The van der Waals surface area contributed by atoms with Crippen molar-refractivity contribution in [3.8, 4) is 16.9 Å². The van der Waals surface area contributed by atoms with Gasteiger partial charge in [-0.1, -0.05) is 42.5 Å². The highest BCUT2D eigenvalue weighted by Crippen LogP contribution is 2.45. The molecule has 0 aromatic heterocycles. The van der Waals surface area contributed by atoms with Gasteiger partial charge in [-0.3, -0.25) is 4.18 Å². The zero-order valence-electron chi connectivity index (χ0n) is 16.8. The molecule has 0 aliphatic rings. The number of halogens is 6. The van der Waals surface area contributed by atoms with E-state index in [4.69, 9.17) is 4.18 Å². The van der Waals surface area contributed by atoms with Crippen LogP contribution in [0.1, 0.15) is 5.56 Å². The molecule has 4 aromatic rings. The van der Waals surface area contributed by atoms with Gasteiger partial charge in [0.15, 0.2) is 11.1 Å². The van der Waals surface area contributed by atoms with Crippen LogP contribution in [0.25, 0.3) is 32.7 Å². The van der Waals surface area contributed by atoms with Crippen LogP contribution in [0.15, 0.2) is 71.6 Å². The Balaban J connectivity index is 2.16. The normalized spacial score (nSPS) is 13.4. The Morgan fingerprint density at radius 3 is 2.09 bits per heavy atom. The minimum atomic E-state index is -5.07. The molecule has 1 atom stereocenters. The average Bonchev–Trinajstić information content (AvgIpc) is 2.76. The fourth-order valence-electron chi connectivity index (χ4n) is 3.69. The fraction of sp³-hybridized carbons (Fsp3) is 0.130. The van der Waals surface area contributed by atoms with Crippen molar-refractivity contribution in [2.75, 3.05) is 7.11 Å². The van der Waals surface area contributed by atoms with Crippen LogP contribution in [0.4, 0.5) is 26.3 Å². The van der Waals surface area contributed by atoms with Crippen molar-refractivity contribution in [1.82, 2.24) is 0 Å². The molecular weight excluding hydrogens is 470 g/mol. The largest absolute Gasteiger partial charge is 0.573 e. The van der Waals surface area contributed by atoms with Gasteiger partial charge in [-0.15, -0.1) is 13.2 Å². The Kier molecular flexibility index (Phi) is 5.83. The van der Waals surface area contributed by atoms with Gasteiger partial charge < -0.3 is 4.74 Å². The maximum absolute atomic E-state index is 13.2. The van der Waals surface area contributed by atoms with Crippen molar-refractivity contribution in [3.05, 3.63) is 72.3 Å². The first-order chi connectivity index (χ1) is 15.5. The molecule has 0 aliphatic carbocycles. The zero-order valence-corrected chi connectivity index (χ0v) is 17.6. The van der Waals surface area contributed by atoms with Crippen molar-refractivity contribution in [2.45, 2.75) is 17.4 Å². The summed E-state index contributed by atoms with van der Waals surface area (Å²) in [5.74, 6) is -0.638. The van der Waals surface area contributed by atoms with Crippen LogP contribution in [-0.2, 0) is 21.4 Å². The quantitative estimate of drug-likeness (QED) is 0.286. The third-order valence-electron chi connectivity index (χ3n) is 5.01. The standard InChI is InChI=1S/C23H14F6O3S/c1-31-33(30)19-11-7-13-4-2-3-5-16(13)21(19)20-17-9-8-15(22(24,25)26)12-14(17)6-10-18(20)32-23(27,28)29/h2-12H,1H3. The summed E-state index contributed by atoms with van der Waals surface area (Å²) in [5.41, 5.74) is -0.988. The van der Waals surface area contributed by atoms with Crippen LogP contribution >= 0.6 is 0 Å². The molecular formula is C23H14F6O3S. The third-order valence-corrected chi connectivity index (χ3v) is 6.01. The summed E-state index contributed by atoms with van der Waals surface area (Å²) in [6.45, 7) is 0. The minimum Gasteiger partial charge on any atom is -0.405 e. The molecule has 0 radical (unpaired) electrons. The summed E-state index contributed by atoms with van der Waals surface area (Å²) in [4.78, 5) is 0.0515. The van der Waals surface area contributed by atoms with Gasteiger partial charge >= 0.3 is 12.5 Å². The van der Waals surface area contributed by atoms with Gasteiger partial charge in [0.25, 0.3) is 0 Å². The van der Waals surface area contributed by atoms with Crippen LogP contribution < -0.4 is 4.74 Å². The van der Waals surface area contributed by atoms with E-state index in [2.05, 4.69) is 4.74 Å². The van der Waals surface area contributed by atoms with E-state index < -0.39 is 34.9 Å². The van der Waals surface area contributed by atoms with Gasteiger partial charge in [-0.25, -0.2) is 4.21 Å². The van der Waals surface area contributed by atoms with Crippen LogP contribution in [0.5, 0.6) is 5.75 Å². The number of hydrogen-bond acceptors (Lipinski definition) is 3. The molecule has 0 amide bonds. The van der Waals surface area contributed by atoms with Crippen molar-refractivity contribution >= 4 is 32.6 Å². The zero-order chi connectivity index (χ0) is 24.0. The molecule has 0 spiro atoms. The lowest BCUT2D eigenvalue weighted by Gasteiger charge is -2.20. The Labute approximate surface area is 186 Å². The number of hydrogen-bond donors (Lipinski definition) is 0. The first kappa shape index (κ1) is 23.1. The molecule has 3 nitrogen and oxygen atoms in total. The van der Waals surface area contributed by atoms with E-state index in [9.17, 15) is 30.6 Å². The number of alkyl halides is 6. The molecule has 33 heavy (non-hydrogen) atoms.